The third-order valence-corrected chi connectivity index (χ3v) is 2.56. The molecule has 1 aromatic heterocycles. The van der Waals surface area contributed by atoms with Crippen molar-refractivity contribution in [1.29, 1.82) is 0 Å². The lowest BCUT2D eigenvalue weighted by molar-refractivity contribution is -0.385. The first-order valence-electron chi connectivity index (χ1n) is 5.37. The molecule has 0 aromatic carbocycles. The lowest BCUT2D eigenvalue weighted by atomic mass is 10.2. The number of aromatic amines is 1. The van der Waals surface area contributed by atoms with Crippen molar-refractivity contribution in [1.82, 2.24) is 15.2 Å². The number of nitrogens with zero attached hydrogens (tertiary/aromatic N) is 2. The van der Waals surface area contributed by atoms with Crippen LogP contribution in [0.4, 0.5) is 5.69 Å². The summed E-state index contributed by atoms with van der Waals surface area (Å²) in [7, 11) is 0. The summed E-state index contributed by atoms with van der Waals surface area (Å²) in [6.45, 7) is -0.792. The summed E-state index contributed by atoms with van der Waals surface area (Å²) in [6.07, 6.45) is 0.854. The van der Waals surface area contributed by atoms with Gasteiger partial charge in [0.1, 0.15) is 18.7 Å². The van der Waals surface area contributed by atoms with Crippen LogP contribution in [-0.2, 0) is 9.59 Å². The van der Waals surface area contributed by atoms with Crippen molar-refractivity contribution in [3.63, 3.8) is 0 Å². The second-order valence-electron chi connectivity index (χ2n) is 3.99. The molecule has 104 valence electrons. The number of piperazine rings is 1. The monoisotopic (exact) mass is 280 g/mol. The molecule has 1 aliphatic heterocycles. The summed E-state index contributed by atoms with van der Waals surface area (Å²) < 4.78 is 0. The van der Waals surface area contributed by atoms with Crippen molar-refractivity contribution in [3.8, 4) is 0 Å². The number of carbonyl (C=O) groups excluding carboxylic acids is 3. The van der Waals surface area contributed by atoms with Crippen LogP contribution in [0.15, 0.2) is 17.1 Å². The van der Waals surface area contributed by atoms with Gasteiger partial charge in [-0.3, -0.25) is 34.6 Å². The normalized spacial score (nSPS) is 14.9. The van der Waals surface area contributed by atoms with Crippen molar-refractivity contribution in [2.24, 2.45) is 0 Å². The Morgan fingerprint density at radius 2 is 1.85 bits per heavy atom. The number of amides is 3. The van der Waals surface area contributed by atoms with Crippen molar-refractivity contribution in [2.75, 3.05) is 13.1 Å². The Bertz CT molecular complexity index is 663. The zero-order valence-corrected chi connectivity index (χ0v) is 9.91. The number of rotatable bonds is 2. The summed E-state index contributed by atoms with van der Waals surface area (Å²) in [6, 6.07) is 0.804. The van der Waals surface area contributed by atoms with Gasteiger partial charge in [0.25, 0.3) is 17.2 Å². The number of hydrogen-bond acceptors (Lipinski definition) is 6. The minimum absolute atomic E-state index is 0.396. The van der Waals surface area contributed by atoms with Crippen LogP contribution >= 0.6 is 0 Å². The van der Waals surface area contributed by atoms with Gasteiger partial charge in [-0.05, 0) is 0 Å². The van der Waals surface area contributed by atoms with Gasteiger partial charge in [-0.1, -0.05) is 0 Å². The SMILES string of the molecule is O=C1CN(C(=O)c2cc([N+](=O)[O-])c[nH]c2=O)CC(=O)N1. The third kappa shape index (κ3) is 2.53. The first-order valence-corrected chi connectivity index (χ1v) is 5.37. The molecule has 0 spiro atoms. The average molecular weight is 280 g/mol. The molecule has 10 nitrogen and oxygen atoms in total. The van der Waals surface area contributed by atoms with E-state index in [1.54, 1.807) is 0 Å². The molecule has 2 rings (SSSR count). The molecular weight excluding hydrogens is 272 g/mol. The standard InChI is InChI=1S/C10H8N4O6/c15-7-3-13(4-8(16)12-7)10(18)6-1-5(14(19)20)2-11-9(6)17/h1-2H,3-4H2,(H,11,17)(H,12,15,16). The topological polar surface area (TPSA) is 142 Å². The van der Waals surface area contributed by atoms with E-state index in [1.165, 1.54) is 0 Å². The van der Waals surface area contributed by atoms with E-state index in [0.717, 1.165) is 17.2 Å². The van der Waals surface area contributed by atoms with Crippen LogP contribution < -0.4 is 10.9 Å². The number of carbonyl (C=O) groups is 3. The predicted octanol–water partition coefficient (Wildman–Crippen LogP) is -1.62. The van der Waals surface area contributed by atoms with E-state index >= 15 is 0 Å². The van der Waals surface area contributed by atoms with E-state index in [-0.39, 0.29) is 0 Å². The molecule has 0 aliphatic carbocycles. The van der Waals surface area contributed by atoms with Crippen LogP contribution in [0.3, 0.4) is 0 Å². The highest BCUT2D eigenvalue weighted by atomic mass is 16.6. The molecule has 20 heavy (non-hydrogen) atoms. The highest BCUT2D eigenvalue weighted by molar-refractivity contribution is 6.05. The predicted molar refractivity (Wildman–Crippen MR) is 62.8 cm³/mol. The molecule has 10 heteroatoms. The Labute approximate surface area is 110 Å². The molecule has 1 aliphatic rings. The van der Waals surface area contributed by atoms with Crippen molar-refractivity contribution in [2.45, 2.75) is 0 Å². The van der Waals surface area contributed by atoms with E-state index in [4.69, 9.17) is 0 Å². The number of pyridine rings is 1. The molecular formula is C10H8N4O6. The molecule has 2 N–H and O–H groups in total. The molecule has 1 fully saturated rings. The van der Waals surface area contributed by atoms with E-state index in [1.807, 2.05) is 5.32 Å². The van der Waals surface area contributed by atoms with Crippen LogP contribution in [0.5, 0.6) is 0 Å². The molecule has 0 unspecified atom stereocenters. The smallest absolute Gasteiger partial charge is 0.286 e. The van der Waals surface area contributed by atoms with Crippen molar-refractivity contribution >= 4 is 23.4 Å². The van der Waals surface area contributed by atoms with Gasteiger partial charge in [0.2, 0.25) is 11.8 Å². The quantitative estimate of drug-likeness (QED) is 0.378. The first kappa shape index (κ1) is 13.4. The molecule has 0 saturated carbocycles. The zero-order valence-electron chi connectivity index (χ0n) is 9.91. The fourth-order valence-corrected chi connectivity index (χ4v) is 1.69. The summed E-state index contributed by atoms with van der Waals surface area (Å²) in [5.74, 6) is -2.29. The van der Waals surface area contributed by atoms with Crippen molar-refractivity contribution in [3.05, 3.63) is 38.3 Å². The number of H-pyrrole nitrogens is 1. The van der Waals surface area contributed by atoms with Crippen LogP contribution in [0.1, 0.15) is 10.4 Å². The van der Waals surface area contributed by atoms with Gasteiger partial charge >= 0.3 is 0 Å². The molecule has 0 atom stereocenters. The number of nitrogens with one attached hydrogen (secondary N) is 2. The zero-order chi connectivity index (χ0) is 14.9. The molecule has 1 saturated heterocycles. The van der Waals surface area contributed by atoms with E-state index in [9.17, 15) is 29.3 Å². The largest absolute Gasteiger partial charge is 0.322 e. The van der Waals surface area contributed by atoms with Gasteiger partial charge in [-0.15, -0.1) is 0 Å². The molecule has 3 amide bonds. The summed E-state index contributed by atoms with van der Waals surface area (Å²) in [4.78, 5) is 58.6. The Balaban J connectivity index is 2.35. The van der Waals surface area contributed by atoms with Crippen LogP contribution in [-0.4, -0.2) is 45.6 Å². The Morgan fingerprint density at radius 1 is 1.25 bits per heavy atom. The molecule has 1 aromatic rings. The van der Waals surface area contributed by atoms with Crippen LogP contribution in [0, 0.1) is 10.1 Å². The van der Waals surface area contributed by atoms with Gasteiger partial charge in [0, 0.05) is 6.07 Å². The number of aromatic nitrogens is 1. The lowest BCUT2D eigenvalue weighted by Crippen LogP contribution is -2.53. The minimum atomic E-state index is -0.918. The van der Waals surface area contributed by atoms with Gasteiger partial charge in [-0.25, -0.2) is 0 Å². The third-order valence-electron chi connectivity index (χ3n) is 2.56. The molecule has 0 bridgehead atoms. The summed E-state index contributed by atoms with van der Waals surface area (Å²) >= 11 is 0. The lowest BCUT2D eigenvalue weighted by Gasteiger charge is -2.24. The minimum Gasteiger partial charge on any atom is -0.322 e. The van der Waals surface area contributed by atoms with E-state index < -0.39 is 52.5 Å². The second-order valence-corrected chi connectivity index (χ2v) is 3.99. The van der Waals surface area contributed by atoms with Crippen molar-refractivity contribution < 1.29 is 19.3 Å². The maximum atomic E-state index is 12.0. The van der Waals surface area contributed by atoms with Gasteiger partial charge in [-0.2, -0.15) is 0 Å². The summed E-state index contributed by atoms with van der Waals surface area (Å²) in [5, 5.41) is 12.6. The Kier molecular flexibility index (Phi) is 3.29. The Hall–Kier alpha value is -3.04. The number of imide groups is 1. The fourth-order valence-electron chi connectivity index (χ4n) is 1.69. The summed E-state index contributed by atoms with van der Waals surface area (Å²) in [5.41, 5.74) is -1.80. The van der Waals surface area contributed by atoms with Crippen LogP contribution in [0.2, 0.25) is 0 Å². The van der Waals surface area contributed by atoms with Gasteiger partial charge < -0.3 is 9.88 Å². The highest BCUT2D eigenvalue weighted by Gasteiger charge is 2.29. The fraction of sp³-hybridized carbons (Fsp3) is 0.200. The van der Waals surface area contributed by atoms with Gasteiger partial charge in [0.05, 0.1) is 11.1 Å². The Morgan fingerprint density at radius 3 is 2.40 bits per heavy atom. The average Bonchev–Trinajstić information content (AvgIpc) is 2.37. The second kappa shape index (κ2) is 4.91. The maximum Gasteiger partial charge on any atom is 0.286 e. The van der Waals surface area contributed by atoms with Gasteiger partial charge in [0.15, 0.2) is 0 Å². The van der Waals surface area contributed by atoms with E-state index in [2.05, 4.69) is 4.98 Å². The maximum absolute atomic E-state index is 12.0. The first-order chi connectivity index (χ1) is 9.38. The number of nitro groups is 1. The molecule has 2 heterocycles. The number of hydrogen-bond donors (Lipinski definition) is 2. The van der Waals surface area contributed by atoms with Crippen LogP contribution in [0.25, 0.3) is 0 Å². The van der Waals surface area contributed by atoms with E-state index in [0.29, 0.717) is 0 Å². The molecule has 0 radical (unpaired) electrons. The highest BCUT2D eigenvalue weighted by Crippen LogP contribution is 2.10.